The maximum Gasteiger partial charge on any atom is 0.224 e. The van der Waals surface area contributed by atoms with E-state index >= 15 is 0 Å². The van der Waals surface area contributed by atoms with Crippen LogP contribution in [0.4, 0.5) is 4.39 Å². The van der Waals surface area contributed by atoms with Crippen LogP contribution in [0.25, 0.3) is 0 Å². The van der Waals surface area contributed by atoms with Crippen LogP contribution in [0.15, 0.2) is 53.0 Å². The van der Waals surface area contributed by atoms with Crippen LogP contribution in [-0.2, 0) is 11.2 Å². The fraction of sp³-hybridized carbons (Fsp3) is 0.235. The van der Waals surface area contributed by atoms with E-state index < -0.39 is 6.10 Å². The van der Waals surface area contributed by atoms with E-state index in [4.69, 9.17) is 0 Å². The van der Waals surface area contributed by atoms with Crippen molar-refractivity contribution in [2.75, 3.05) is 6.54 Å². The molecule has 3 nitrogen and oxygen atoms in total. The van der Waals surface area contributed by atoms with Crippen molar-refractivity contribution in [1.29, 1.82) is 0 Å². The zero-order valence-electron chi connectivity index (χ0n) is 11.9. The number of amides is 1. The van der Waals surface area contributed by atoms with Gasteiger partial charge in [0.15, 0.2) is 0 Å². The molecule has 1 amide bonds. The van der Waals surface area contributed by atoms with E-state index in [2.05, 4.69) is 21.2 Å². The van der Waals surface area contributed by atoms with Crippen molar-refractivity contribution in [3.05, 3.63) is 69.9 Å². The zero-order valence-corrected chi connectivity index (χ0v) is 13.5. The SMILES string of the molecule is O=C(Cc1ccc(Br)cc1)NCCC(O)c1ccc(F)cc1. The molecule has 1 atom stereocenters. The largest absolute Gasteiger partial charge is 0.388 e. The zero-order chi connectivity index (χ0) is 15.9. The normalized spacial score (nSPS) is 12.0. The van der Waals surface area contributed by atoms with Gasteiger partial charge in [0.2, 0.25) is 5.91 Å². The van der Waals surface area contributed by atoms with Gasteiger partial charge in [-0.1, -0.05) is 40.2 Å². The standard InChI is InChI=1S/C17H17BrFNO2/c18-14-5-1-12(2-6-14)11-17(22)20-10-9-16(21)13-3-7-15(19)8-4-13/h1-8,16,21H,9-11H2,(H,20,22). The van der Waals surface area contributed by atoms with E-state index in [1.54, 1.807) is 12.1 Å². The van der Waals surface area contributed by atoms with Crippen molar-refractivity contribution in [3.63, 3.8) is 0 Å². The molecule has 0 aliphatic rings. The highest BCUT2D eigenvalue weighted by atomic mass is 79.9. The lowest BCUT2D eigenvalue weighted by molar-refractivity contribution is -0.120. The van der Waals surface area contributed by atoms with Crippen LogP contribution in [-0.4, -0.2) is 17.6 Å². The average molecular weight is 366 g/mol. The molecule has 2 rings (SSSR count). The summed E-state index contributed by atoms with van der Waals surface area (Å²) in [6, 6.07) is 13.3. The van der Waals surface area contributed by atoms with Crippen LogP contribution in [0.1, 0.15) is 23.7 Å². The van der Waals surface area contributed by atoms with Gasteiger partial charge in [-0.3, -0.25) is 4.79 Å². The van der Waals surface area contributed by atoms with E-state index in [-0.39, 0.29) is 11.7 Å². The summed E-state index contributed by atoms with van der Waals surface area (Å²) >= 11 is 3.34. The average Bonchev–Trinajstić information content (AvgIpc) is 2.50. The summed E-state index contributed by atoms with van der Waals surface area (Å²) in [5, 5.41) is 12.7. The Morgan fingerprint density at radius 2 is 1.77 bits per heavy atom. The Labute approximate surface area is 137 Å². The number of halogens is 2. The smallest absolute Gasteiger partial charge is 0.224 e. The lowest BCUT2D eigenvalue weighted by Gasteiger charge is -2.11. The highest BCUT2D eigenvalue weighted by molar-refractivity contribution is 9.10. The second kappa shape index (κ2) is 8.06. The summed E-state index contributed by atoms with van der Waals surface area (Å²) in [4.78, 5) is 11.8. The Balaban J connectivity index is 1.74. The molecule has 22 heavy (non-hydrogen) atoms. The van der Waals surface area contributed by atoms with Crippen molar-refractivity contribution >= 4 is 21.8 Å². The van der Waals surface area contributed by atoms with E-state index in [1.807, 2.05) is 24.3 Å². The molecular weight excluding hydrogens is 349 g/mol. The third-order valence-corrected chi connectivity index (χ3v) is 3.80. The van der Waals surface area contributed by atoms with E-state index in [0.717, 1.165) is 10.0 Å². The Morgan fingerprint density at radius 3 is 2.41 bits per heavy atom. The molecule has 0 aromatic heterocycles. The molecule has 2 aromatic rings. The summed E-state index contributed by atoms with van der Waals surface area (Å²) in [6.45, 7) is 0.369. The predicted molar refractivity (Wildman–Crippen MR) is 86.8 cm³/mol. The number of carbonyl (C=O) groups is 1. The van der Waals surface area contributed by atoms with E-state index in [9.17, 15) is 14.3 Å². The summed E-state index contributed by atoms with van der Waals surface area (Å²) < 4.78 is 13.8. The molecule has 0 bridgehead atoms. The van der Waals surface area contributed by atoms with Gasteiger partial charge >= 0.3 is 0 Å². The van der Waals surface area contributed by atoms with Gasteiger partial charge in [0, 0.05) is 11.0 Å². The molecule has 0 radical (unpaired) electrons. The molecule has 1 unspecified atom stereocenters. The monoisotopic (exact) mass is 365 g/mol. The first-order valence-electron chi connectivity index (χ1n) is 6.99. The van der Waals surface area contributed by atoms with Crippen molar-refractivity contribution < 1.29 is 14.3 Å². The van der Waals surface area contributed by atoms with Crippen molar-refractivity contribution in [2.45, 2.75) is 18.9 Å². The van der Waals surface area contributed by atoms with Gasteiger partial charge in [0.05, 0.1) is 12.5 Å². The molecule has 0 fully saturated rings. The molecule has 0 heterocycles. The van der Waals surface area contributed by atoms with Crippen LogP contribution in [0.2, 0.25) is 0 Å². The van der Waals surface area contributed by atoms with Crippen molar-refractivity contribution in [1.82, 2.24) is 5.32 Å². The maximum absolute atomic E-state index is 12.8. The highest BCUT2D eigenvalue weighted by Gasteiger charge is 2.09. The van der Waals surface area contributed by atoms with E-state index in [1.165, 1.54) is 12.1 Å². The minimum Gasteiger partial charge on any atom is -0.388 e. The number of aliphatic hydroxyl groups is 1. The molecule has 2 N–H and O–H groups in total. The molecule has 116 valence electrons. The molecule has 0 spiro atoms. The highest BCUT2D eigenvalue weighted by Crippen LogP contribution is 2.16. The number of rotatable bonds is 6. The summed E-state index contributed by atoms with van der Waals surface area (Å²) in [6.07, 6.45) is -0.0222. The van der Waals surface area contributed by atoms with Gasteiger partial charge in [-0.25, -0.2) is 4.39 Å². The number of carbonyl (C=O) groups excluding carboxylic acids is 1. The lowest BCUT2D eigenvalue weighted by Crippen LogP contribution is -2.27. The van der Waals surface area contributed by atoms with Crippen molar-refractivity contribution in [2.24, 2.45) is 0 Å². The van der Waals surface area contributed by atoms with Crippen LogP contribution < -0.4 is 5.32 Å². The lowest BCUT2D eigenvalue weighted by atomic mass is 10.1. The Hall–Kier alpha value is -1.72. The number of nitrogens with one attached hydrogen (secondary N) is 1. The second-order valence-corrected chi connectivity index (χ2v) is 5.92. The summed E-state index contributed by atoms with van der Waals surface area (Å²) in [5.41, 5.74) is 1.57. The van der Waals surface area contributed by atoms with Crippen LogP contribution in [0, 0.1) is 5.82 Å². The molecule has 0 saturated carbocycles. The minimum atomic E-state index is -0.714. The molecule has 5 heteroatoms. The quantitative estimate of drug-likeness (QED) is 0.824. The van der Waals surface area contributed by atoms with Gasteiger partial charge in [0.25, 0.3) is 0 Å². The Bertz CT molecular complexity index is 614. The van der Waals surface area contributed by atoms with E-state index in [0.29, 0.717) is 24.9 Å². The minimum absolute atomic E-state index is 0.0892. The number of hydrogen-bond acceptors (Lipinski definition) is 2. The third-order valence-electron chi connectivity index (χ3n) is 3.27. The first kappa shape index (κ1) is 16.6. The Morgan fingerprint density at radius 1 is 1.14 bits per heavy atom. The van der Waals surface area contributed by atoms with Gasteiger partial charge in [0.1, 0.15) is 5.82 Å². The first-order chi connectivity index (χ1) is 10.5. The molecule has 0 aliphatic carbocycles. The fourth-order valence-corrected chi connectivity index (χ4v) is 2.31. The molecule has 0 aliphatic heterocycles. The topological polar surface area (TPSA) is 49.3 Å². The van der Waals surface area contributed by atoms with Gasteiger partial charge in [-0.05, 0) is 41.8 Å². The molecule has 0 saturated heterocycles. The molecule has 2 aromatic carbocycles. The third kappa shape index (κ3) is 5.24. The number of benzene rings is 2. The maximum atomic E-state index is 12.8. The number of aliphatic hydroxyl groups excluding tert-OH is 1. The number of hydrogen-bond donors (Lipinski definition) is 2. The van der Waals surface area contributed by atoms with Crippen LogP contribution >= 0.6 is 15.9 Å². The fourth-order valence-electron chi connectivity index (χ4n) is 2.05. The predicted octanol–water partition coefficient (Wildman–Crippen LogP) is 3.37. The van der Waals surface area contributed by atoms with Gasteiger partial charge in [-0.15, -0.1) is 0 Å². The van der Waals surface area contributed by atoms with Gasteiger partial charge in [-0.2, -0.15) is 0 Å². The van der Waals surface area contributed by atoms with Crippen LogP contribution in [0.5, 0.6) is 0 Å². The summed E-state index contributed by atoms with van der Waals surface area (Å²) in [7, 11) is 0. The Kier molecular flexibility index (Phi) is 6.10. The van der Waals surface area contributed by atoms with Gasteiger partial charge < -0.3 is 10.4 Å². The summed E-state index contributed by atoms with van der Waals surface area (Å²) in [5.74, 6) is -0.424. The second-order valence-electron chi connectivity index (χ2n) is 5.01. The van der Waals surface area contributed by atoms with Crippen LogP contribution in [0.3, 0.4) is 0 Å². The molecular formula is C17H17BrFNO2. The van der Waals surface area contributed by atoms with Crippen molar-refractivity contribution in [3.8, 4) is 0 Å². The first-order valence-corrected chi connectivity index (χ1v) is 7.78.